The molecule has 0 spiro atoms. The SMILES string of the molecule is CN1CC2=C(C=C3CCCC(C=O)C3(C)C2)N1c1ccc(F)cc1. The molecule has 2 aliphatic carbocycles. The number of aldehydes is 1. The number of anilines is 1. The summed E-state index contributed by atoms with van der Waals surface area (Å²) in [5.74, 6) is -0.0952. The molecule has 4 rings (SSSR count). The van der Waals surface area contributed by atoms with Crippen molar-refractivity contribution in [3.05, 3.63) is 53.0 Å². The Kier molecular flexibility index (Phi) is 3.61. The van der Waals surface area contributed by atoms with Crippen LogP contribution >= 0.6 is 0 Å². The number of halogens is 1. The molecule has 1 aromatic carbocycles. The largest absolute Gasteiger partial charge is 0.303 e. The number of hydrogen-bond acceptors (Lipinski definition) is 3. The second kappa shape index (κ2) is 5.55. The molecule has 126 valence electrons. The zero-order valence-electron chi connectivity index (χ0n) is 14.3. The quantitative estimate of drug-likeness (QED) is 0.765. The first-order valence-corrected chi connectivity index (χ1v) is 8.68. The molecule has 0 N–H and O–H groups in total. The van der Waals surface area contributed by atoms with E-state index in [4.69, 9.17) is 0 Å². The molecule has 0 saturated heterocycles. The highest BCUT2D eigenvalue weighted by Crippen LogP contribution is 2.53. The summed E-state index contributed by atoms with van der Waals surface area (Å²) in [5.41, 5.74) is 4.93. The Balaban J connectivity index is 1.74. The van der Waals surface area contributed by atoms with Gasteiger partial charge >= 0.3 is 0 Å². The molecule has 4 heteroatoms. The lowest BCUT2D eigenvalue weighted by Gasteiger charge is -2.44. The van der Waals surface area contributed by atoms with E-state index in [1.165, 1.54) is 29.0 Å². The van der Waals surface area contributed by atoms with Gasteiger partial charge in [-0.25, -0.2) is 9.40 Å². The molecule has 3 nitrogen and oxygen atoms in total. The van der Waals surface area contributed by atoms with Crippen molar-refractivity contribution in [3.8, 4) is 0 Å². The van der Waals surface area contributed by atoms with Crippen LogP contribution in [0.3, 0.4) is 0 Å². The number of nitrogens with zero attached hydrogens (tertiary/aromatic N) is 2. The summed E-state index contributed by atoms with van der Waals surface area (Å²) >= 11 is 0. The average Bonchev–Trinajstić information content (AvgIpc) is 2.87. The van der Waals surface area contributed by atoms with Crippen molar-refractivity contribution in [1.82, 2.24) is 5.01 Å². The van der Waals surface area contributed by atoms with Gasteiger partial charge in [0.05, 0.1) is 11.4 Å². The summed E-state index contributed by atoms with van der Waals surface area (Å²) in [6.07, 6.45) is 7.55. The first-order valence-electron chi connectivity index (χ1n) is 8.68. The van der Waals surface area contributed by atoms with Crippen LogP contribution in [0, 0.1) is 17.2 Å². The van der Waals surface area contributed by atoms with E-state index < -0.39 is 0 Å². The molecule has 0 bridgehead atoms. The minimum absolute atomic E-state index is 0.0293. The Bertz CT molecular complexity index is 737. The number of allylic oxidation sites excluding steroid dienone is 2. The molecule has 0 radical (unpaired) electrons. The van der Waals surface area contributed by atoms with Gasteiger partial charge in [0.25, 0.3) is 0 Å². The molecule has 1 fully saturated rings. The van der Waals surface area contributed by atoms with E-state index in [2.05, 4.69) is 30.1 Å². The van der Waals surface area contributed by atoms with Gasteiger partial charge in [-0.05, 0) is 61.6 Å². The van der Waals surface area contributed by atoms with Crippen LogP contribution in [0.15, 0.2) is 47.2 Å². The van der Waals surface area contributed by atoms with Crippen molar-refractivity contribution in [2.45, 2.75) is 32.6 Å². The minimum atomic E-state index is -0.217. The van der Waals surface area contributed by atoms with Gasteiger partial charge < -0.3 is 4.79 Å². The Labute approximate surface area is 142 Å². The lowest BCUT2D eigenvalue weighted by Crippen LogP contribution is -2.37. The molecule has 0 aromatic heterocycles. The fourth-order valence-corrected chi connectivity index (χ4v) is 4.65. The van der Waals surface area contributed by atoms with Crippen molar-refractivity contribution in [3.63, 3.8) is 0 Å². The number of carbonyl (C=O) groups excluding carboxylic acids is 1. The summed E-state index contributed by atoms with van der Waals surface area (Å²) < 4.78 is 13.3. The van der Waals surface area contributed by atoms with Gasteiger partial charge in [0.1, 0.15) is 12.1 Å². The lowest BCUT2D eigenvalue weighted by molar-refractivity contribution is -0.114. The zero-order valence-corrected chi connectivity index (χ0v) is 14.3. The van der Waals surface area contributed by atoms with Crippen molar-refractivity contribution in [2.75, 3.05) is 18.6 Å². The molecule has 1 heterocycles. The number of carbonyl (C=O) groups is 1. The molecule has 1 aliphatic heterocycles. The predicted octanol–water partition coefficient (Wildman–Crippen LogP) is 4.08. The van der Waals surface area contributed by atoms with Crippen molar-refractivity contribution < 1.29 is 9.18 Å². The molecule has 0 amide bonds. The fraction of sp³-hybridized carbons (Fsp3) is 0.450. The third-order valence-corrected chi connectivity index (χ3v) is 5.99. The van der Waals surface area contributed by atoms with Gasteiger partial charge in [-0.3, -0.25) is 5.01 Å². The van der Waals surface area contributed by atoms with Gasteiger partial charge in [0, 0.05) is 24.9 Å². The normalized spacial score (nSPS) is 30.0. The monoisotopic (exact) mass is 326 g/mol. The smallest absolute Gasteiger partial charge is 0.123 e. The first kappa shape index (κ1) is 15.6. The number of rotatable bonds is 2. The van der Waals surface area contributed by atoms with Gasteiger partial charge in [-0.1, -0.05) is 12.5 Å². The van der Waals surface area contributed by atoms with Gasteiger partial charge in [-0.15, -0.1) is 0 Å². The van der Waals surface area contributed by atoms with E-state index >= 15 is 0 Å². The van der Waals surface area contributed by atoms with E-state index in [1.807, 2.05) is 12.1 Å². The standard InChI is InChI=1S/C20H23FN2O/c1-20-11-14-12-22(2)23(18-8-6-17(21)7-9-18)19(14)10-15(20)4-3-5-16(20)13-24/h6-10,13,16H,3-5,11-12H2,1-2H3. The zero-order chi connectivity index (χ0) is 16.9. The number of benzene rings is 1. The third kappa shape index (κ3) is 2.24. The van der Waals surface area contributed by atoms with Crippen molar-refractivity contribution in [1.29, 1.82) is 0 Å². The highest BCUT2D eigenvalue weighted by atomic mass is 19.1. The second-order valence-electron chi connectivity index (χ2n) is 7.49. The van der Waals surface area contributed by atoms with Crippen LogP contribution in [0.5, 0.6) is 0 Å². The maximum atomic E-state index is 13.3. The van der Waals surface area contributed by atoms with E-state index in [0.29, 0.717) is 0 Å². The third-order valence-electron chi connectivity index (χ3n) is 5.99. The van der Waals surface area contributed by atoms with Crippen LogP contribution < -0.4 is 5.01 Å². The number of hydrogen-bond donors (Lipinski definition) is 0. The Morgan fingerprint density at radius 3 is 2.75 bits per heavy atom. The van der Waals surface area contributed by atoms with Crippen molar-refractivity contribution in [2.24, 2.45) is 11.3 Å². The summed E-state index contributed by atoms with van der Waals surface area (Å²) in [6.45, 7) is 3.11. The predicted molar refractivity (Wildman–Crippen MR) is 92.7 cm³/mol. The molecule has 24 heavy (non-hydrogen) atoms. The van der Waals surface area contributed by atoms with Crippen LogP contribution in [0.2, 0.25) is 0 Å². The number of fused-ring (bicyclic) bond motifs is 1. The molecule has 3 aliphatic rings. The second-order valence-corrected chi connectivity index (χ2v) is 7.49. The summed E-state index contributed by atoms with van der Waals surface area (Å²) in [5, 5.41) is 4.34. The first-order chi connectivity index (χ1) is 11.5. The van der Waals surface area contributed by atoms with Crippen LogP contribution in [0.25, 0.3) is 0 Å². The molecule has 1 saturated carbocycles. The van der Waals surface area contributed by atoms with Crippen LogP contribution in [0.4, 0.5) is 10.1 Å². The number of likely N-dealkylation sites (N-methyl/N-ethyl adjacent to an activating group) is 1. The average molecular weight is 326 g/mol. The van der Waals surface area contributed by atoms with E-state index in [-0.39, 0.29) is 17.2 Å². The van der Waals surface area contributed by atoms with E-state index in [0.717, 1.165) is 44.2 Å². The summed E-state index contributed by atoms with van der Waals surface area (Å²) in [6, 6.07) is 6.65. The maximum absolute atomic E-state index is 13.3. The van der Waals surface area contributed by atoms with Crippen molar-refractivity contribution >= 4 is 12.0 Å². The van der Waals surface area contributed by atoms with Crippen LogP contribution in [0.1, 0.15) is 32.6 Å². The topological polar surface area (TPSA) is 23.6 Å². The molecular weight excluding hydrogens is 303 g/mol. The van der Waals surface area contributed by atoms with Gasteiger partial charge in [0.15, 0.2) is 0 Å². The highest BCUT2D eigenvalue weighted by Gasteiger charge is 2.45. The van der Waals surface area contributed by atoms with Crippen LogP contribution in [-0.4, -0.2) is 24.9 Å². The Morgan fingerprint density at radius 2 is 2.04 bits per heavy atom. The Hall–Kier alpha value is -1.94. The summed E-state index contributed by atoms with van der Waals surface area (Å²) in [4.78, 5) is 11.6. The highest BCUT2D eigenvalue weighted by molar-refractivity contribution is 5.63. The van der Waals surface area contributed by atoms with Gasteiger partial charge in [0.2, 0.25) is 0 Å². The molecule has 2 unspecified atom stereocenters. The lowest BCUT2D eigenvalue weighted by atomic mass is 9.60. The number of hydrazine groups is 1. The maximum Gasteiger partial charge on any atom is 0.123 e. The summed E-state index contributed by atoms with van der Waals surface area (Å²) in [7, 11) is 2.06. The fourth-order valence-electron chi connectivity index (χ4n) is 4.65. The minimum Gasteiger partial charge on any atom is -0.303 e. The molecule has 2 atom stereocenters. The van der Waals surface area contributed by atoms with E-state index in [1.54, 1.807) is 0 Å². The Morgan fingerprint density at radius 1 is 1.29 bits per heavy atom. The van der Waals surface area contributed by atoms with Crippen LogP contribution in [-0.2, 0) is 4.79 Å². The van der Waals surface area contributed by atoms with E-state index in [9.17, 15) is 9.18 Å². The molecular formula is C20H23FN2O. The van der Waals surface area contributed by atoms with Gasteiger partial charge in [-0.2, -0.15) is 0 Å². The molecule has 1 aromatic rings.